The first-order chi connectivity index (χ1) is 11.2. The third-order valence-corrected chi connectivity index (χ3v) is 5.23. The summed E-state index contributed by atoms with van der Waals surface area (Å²) in [7, 11) is -5.43. The lowest BCUT2D eigenvalue weighted by atomic mass is 10.2. The minimum Gasteiger partial charge on any atom is -0.367 e. The van der Waals surface area contributed by atoms with Crippen molar-refractivity contribution in [3.05, 3.63) is 24.3 Å². The Morgan fingerprint density at radius 3 is 2.29 bits per heavy atom. The van der Waals surface area contributed by atoms with Gasteiger partial charge in [-0.3, -0.25) is 0 Å². The maximum absolute atomic E-state index is 12.9. The van der Waals surface area contributed by atoms with Crippen molar-refractivity contribution in [2.45, 2.75) is 17.3 Å². The number of nitrogens with zero attached hydrogens (tertiary/aromatic N) is 2. The first-order valence-electron chi connectivity index (χ1n) is 7.36. The average Bonchev–Trinajstić information content (AvgIpc) is 2.54. The van der Waals surface area contributed by atoms with Crippen LogP contribution in [0.4, 0.5) is 23.7 Å². The van der Waals surface area contributed by atoms with Gasteiger partial charge in [0.1, 0.15) is 0 Å². The largest absolute Gasteiger partial charge is 0.501 e. The zero-order chi connectivity index (χ0) is 18.0. The summed E-state index contributed by atoms with van der Waals surface area (Å²) in [5.74, 6) is 0. The van der Waals surface area contributed by atoms with Crippen LogP contribution in [0.25, 0.3) is 0 Å². The topological polar surface area (TPSA) is 69.7 Å². The van der Waals surface area contributed by atoms with Crippen molar-refractivity contribution in [2.75, 3.05) is 37.6 Å². The Morgan fingerprint density at radius 2 is 1.75 bits per heavy atom. The summed E-state index contributed by atoms with van der Waals surface area (Å²) in [5.41, 5.74) is -5.35. The molecule has 0 aromatic heterocycles. The average molecular weight is 365 g/mol. The third kappa shape index (κ3) is 3.58. The Hall–Kier alpha value is -1.97. The van der Waals surface area contributed by atoms with Crippen molar-refractivity contribution in [3.8, 4) is 0 Å². The van der Waals surface area contributed by atoms with Crippen molar-refractivity contribution in [1.29, 1.82) is 0 Å². The lowest BCUT2D eigenvalue weighted by molar-refractivity contribution is -0.0435. The Bertz CT molecular complexity index is 699. The van der Waals surface area contributed by atoms with Crippen LogP contribution in [0.15, 0.2) is 29.2 Å². The molecule has 0 saturated carbocycles. The molecule has 1 N–H and O–H groups in total. The molecule has 2 rings (SSSR count). The molecule has 0 aliphatic carbocycles. The molecule has 1 saturated heterocycles. The summed E-state index contributed by atoms with van der Waals surface area (Å²) >= 11 is 0. The number of anilines is 1. The highest BCUT2D eigenvalue weighted by Crippen LogP contribution is 2.36. The molecule has 0 radical (unpaired) electrons. The fraction of sp³-hybridized carbons (Fsp3) is 0.500. The van der Waals surface area contributed by atoms with Crippen molar-refractivity contribution in [1.82, 2.24) is 10.2 Å². The van der Waals surface area contributed by atoms with E-state index in [0.717, 1.165) is 6.07 Å². The van der Waals surface area contributed by atoms with Gasteiger partial charge in [-0.05, 0) is 19.1 Å². The molecule has 1 aliphatic heterocycles. The van der Waals surface area contributed by atoms with Crippen molar-refractivity contribution in [2.24, 2.45) is 0 Å². The summed E-state index contributed by atoms with van der Waals surface area (Å²) < 4.78 is 62.1. The smallest absolute Gasteiger partial charge is 0.367 e. The second-order valence-corrected chi connectivity index (χ2v) is 7.14. The summed E-state index contributed by atoms with van der Waals surface area (Å²) in [6.07, 6.45) is 0. The number of alkyl halides is 3. The number of nitrogens with one attached hydrogen (secondary N) is 1. The molecule has 6 nitrogen and oxygen atoms in total. The number of halogens is 3. The molecule has 0 spiro atoms. The van der Waals surface area contributed by atoms with Gasteiger partial charge in [-0.25, -0.2) is 13.2 Å². The third-order valence-electron chi connectivity index (χ3n) is 3.70. The predicted molar refractivity (Wildman–Crippen MR) is 82.5 cm³/mol. The van der Waals surface area contributed by atoms with Crippen molar-refractivity contribution < 1.29 is 26.4 Å². The molecule has 1 heterocycles. The number of rotatable bonds is 3. The molecular weight excluding hydrogens is 347 g/mol. The summed E-state index contributed by atoms with van der Waals surface area (Å²) in [4.78, 5) is 14.1. The highest BCUT2D eigenvalue weighted by molar-refractivity contribution is 7.92. The zero-order valence-electron chi connectivity index (χ0n) is 13.0. The van der Waals surface area contributed by atoms with E-state index in [0.29, 0.717) is 19.6 Å². The van der Waals surface area contributed by atoms with Gasteiger partial charge in [0, 0.05) is 32.7 Å². The van der Waals surface area contributed by atoms with Crippen LogP contribution in [0.5, 0.6) is 0 Å². The van der Waals surface area contributed by atoms with Gasteiger partial charge in [0.05, 0.1) is 10.6 Å². The van der Waals surface area contributed by atoms with Crippen LogP contribution in [0.2, 0.25) is 0 Å². The normalized spacial score (nSPS) is 16.2. The molecule has 0 bridgehead atoms. The molecule has 24 heavy (non-hydrogen) atoms. The minimum absolute atomic E-state index is 0.00498. The summed E-state index contributed by atoms with van der Waals surface area (Å²) in [6, 6.07) is 4.80. The van der Waals surface area contributed by atoms with Gasteiger partial charge in [-0.15, -0.1) is 0 Å². The summed E-state index contributed by atoms with van der Waals surface area (Å²) in [6.45, 7) is 3.36. The van der Waals surface area contributed by atoms with Crippen molar-refractivity contribution in [3.63, 3.8) is 0 Å². The van der Waals surface area contributed by atoms with Gasteiger partial charge in [0.15, 0.2) is 0 Å². The van der Waals surface area contributed by atoms with Crippen LogP contribution >= 0.6 is 0 Å². The number of carbonyl (C=O) groups excluding carboxylic acids is 1. The molecular formula is C14H18F3N3O3S. The van der Waals surface area contributed by atoms with Gasteiger partial charge < -0.3 is 15.1 Å². The van der Waals surface area contributed by atoms with Gasteiger partial charge in [0.25, 0.3) is 9.84 Å². The standard InChI is InChI=1S/C14H18F3N3O3S/c1-2-18-13(21)20-9-7-19(8-10-20)11-5-3-4-6-12(11)24(22,23)14(15,16)17/h3-6H,2,7-10H2,1H3,(H,18,21). The van der Waals surface area contributed by atoms with Crippen LogP contribution < -0.4 is 10.2 Å². The SMILES string of the molecule is CCNC(=O)N1CCN(c2ccccc2S(=O)(=O)C(F)(F)F)CC1. The summed E-state index contributed by atoms with van der Waals surface area (Å²) in [5, 5.41) is 2.65. The molecule has 1 aliphatic rings. The fourth-order valence-corrected chi connectivity index (χ4v) is 3.46. The van der Waals surface area contributed by atoms with E-state index >= 15 is 0 Å². The first-order valence-corrected chi connectivity index (χ1v) is 8.85. The zero-order valence-corrected chi connectivity index (χ0v) is 13.8. The van der Waals surface area contributed by atoms with Crippen LogP contribution in [-0.4, -0.2) is 57.6 Å². The molecule has 0 unspecified atom stereocenters. The maximum atomic E-state index is 12.9. The second kappa shape index (κ2) is 6.88. The van der Waals surface area contributed by atoms with Gasteiger partial charge >= 0.3 is 11.5 Å². The minimum atomic E-state index is -5.43. The highest BCUT2D eigenvalue weighted by atomic mass is 32.2. The number of carbonyl (C=O) groups is 1. The molecule has 2 amide bonds. The number of sulfone groups is 1. The van der Waals surface area contributed by atoms with Gasteiger partial charge in [0.2, 0.25) is 0 Å². The van der Waals surface area contributed by atoms with E-state index in [1.165, 1.54) is 18.2 Å². The van der Waals surface area contributed by atoms with E-state index in [2.05, 4.69) is 5.32 Å². The van der Waals surface area contributed by atoms with Gasteiger partial charge in [-0.2, -0.15) is 13.2 Å². The van der Waals surface area contributed by atoms with E-state index in [-0.39, 0.29) is 24.8 Å². The highest BCUT2D eigenvalue weighted by Gasteiger charge is 2.48. The number of urea groups is 1. The number of amides is 2. The van der Waals surface area contributed by atoms with Crippen LogP contribution in [0.1, 0.15) is 6.92 Å². The lowest BCUT2D eigenvalue weighted by Gasteiger charge is -2.36. The van der Waals surface area contributed by atoms with Crippen LogP contribution in [-0.2, 0) is 9.84 Å². The van der Waals surface area contributed by atoms with E-state index in [1.807, 2.05) is 0 Å². The van der Waals surface area contributed by atoms with E-state index < -0.39 is 20.2 Å². The quantitative estimate of drug-likeness (QED) is 0.887. The molecule has 1 aromatic carbocycles. The van der Waals surface area contributed by atoms with Crippen molar-refractivity contribution >= 4 is 21.6 Å². The molecule has 134 valence electrons. The second-order valence-electron chi connectivity index (χ2n) is 5.23. The molecule has 0 atom stereocenters. The van der Waals surface area contributed by atoms with Crippen LogP contribution in [0, 0.1) is 0 Å². The fourth-order valence-electron chi connectivity index (χ4n) is 2.48. The van der Waals surface area contributed by atoms with Crippen LogP contribution in [0.3, 0.4) is 0 Å². The Morgan fingerprint density at radius 1 is 1.17 bits per heavy atom. The van der Waals surface area contributed by atoms with E-state index in [9.17, 15) is 26.4 Å². The Labute approximate surface area is 138 Å². The van der Waals surface area contributed by atoms with Gasteiger partial charge in [-0.1, -0.05) is 12.1 Å². The molecule has 10 heteroatoms. The Balaban J connectivity index is 2.22. The Kier molecular flexibility index (Phi) is 5.26. The lowest BCUT2D eigenvalue weighted by Crippen LogP contribution is -2.52. The van der Waals surface area contributed by atoms with E-state index in [1.54, 1.807) is 16.7 Å². The maximum Gasteiger partial charge on any atom is 0.501 e. The van der Waals surface area contributed by atoms with E-state index in [4.69, 9.17) is 0 Å². The molecule has 1 fully saturated rings. The number of hydrogen-bond donors (Lipinski definition) is 1. The molecule has 1 aromatic rings. The first kappa shape index (κ1) is 18.4. The predicted octanol–water partition coefficient (Wildman–Crippen LogP) is 1.83. The number of piperazine rings is 1. The number of para-hydroxylation sites is 1. The monoisotopic (exact) mass is 365 g/mol. The number of hydrogen-bond acceptors (Lipinski definition) is 4. The number of benzene rings is 1.